The van der Waals surface area contributed by atoms with Crippen LogP contribution in [0.1, 0.15) is 19.3 Å². The lowest BCUT2D eigenvalue weighted by atomic mass is 10.1. The van der Waals surface area contributed by atoms with Crippen LogP contribution in [0.3, 0.4) is 0 Å². The normalized spacial score (nSPS) is 24.1. The predicted octanol–water partition coefficient (Wildman–Crippen LogP) is 0.873. The molecule has 0 amide bonds. The summed E-state index contributed by atoms with van der Waals surface area (Å²) in [5.74, 6) is 0.508. The van der Waals surface area contributed by atoms with Crippen molar-refractivity contribution in [1.82, 2.24) is 0 Å². The van der Waals surface area contributed by atoms with Gasteiger partial charge in [0.05, 0.1) is 5.69 Å². The van der Waals surface area contributed by atoms with E-state index < -0.39 is 10.0 Å². The van der Waals surface area contributed by atoms with E-state index in [1.165, 1.54) is 6.07 Å². The molecule has 5 nitrogen and oxygen atoms in total. The fourth-order valence-corrected chi connectivity index (χ4v) is 3.13. The van der Waals surface area contributed by atoms with Crippen molar-refractivity contribution >= 4 is 15.7 Å². The fraction of sp³-hybridized carbons (Fsp3) is 0.500. The molecule has 2 rings (SSSR count). The smallest absolute Gasteiger partial charge is 0.240 e. The molecule has 1 aromatic rings. The Hall–Kier alpha value is -1.11. The fourth-order valence-electron chi connectivity index (χ4n) is 2.41. The number of hydrogen-bond acceptors (Lipinski definition) is 4. The summed E-state index contributed by atoms with van der Waals surface area (Å²) in [6, 6.07) is 6.98. The maximum atomic E-state index is 11.4. The molecule has 1 fully saturated rings. The molecule has 6 heteroatoms. The lowest BCUT2D eigenvalue weighted by Crippen LogP contribution is -2.19. The number of nitrogens with two attached hydrogens (primary N) is 2. The summed E-state index contributed by atoms with van der Waals surface area (Å²) in [5, 5.41) is 8.34. The molecular weight excluding hydrogens is 250 g/mol. The average Bonchev–Trinajstić information content (AvgIpc) is 2.72. The maximum Gasteiger partial charge on any atom is 0.240 e. The molecule has 0 aromatic heterocycles. The number of benzene rings is 1. The average molecular weight is 269 g/mol. The topological polar surface area (TPSA) is 98.2 Å². The molecule has 0 radical (unpaired) electrons. The van der Waals surface area contributed by atoms with Gasteiger partial charge in [-0.05, 0) is 37.3 Å². The molecule has 1 aromatic carbocycles. The number of sulfonamides is 1. The molecule has 1 aliphatic carbocycles. The number of para-hydroxylation sites is 1. The zero-order valence-corrected chi connectivity index (χ0v) is 11.0. The molecule has 5 N–H and O–H groups in total. The van der Waals surface area contributed by atoms with Gasteiger partial charge in [0.25, 0.3) is 0 Å². The molecule has 1 aliphatic rings. The highest BCUT2D eigenvalue weighted by atomic mass is 32.2. The molecule has 2 unspecified atom stereocenters. The number of anilines is 1. The van der Waals surface area contributed by atoms with E-state index in [0.717, 1.165) is 25.8 Å². The lowest BCUT2D eigenvalue weighted by Gasteiger charge is -2.14. The quantitative estimate of drug-likeness (QED) is 0.755. The van der Waals surface area contributed by atoms with Crippen LogP contribution < -0.4 is 16.2 Å². The first kappa shape index (κ1) is 13.3. The maximum absolute atomic E-state index is 11.4. The molecule has 0 saturated heterocycles. The van der Waals surface area contributed by atoms with E-state index in [9.17, 15) is 8.42 Å². The lowest BCUT2D eigenvalue weighted by molar-refractivity contribution is 0.564. The van der Waals surface area contributed by atoms with Gasteiger partial charge < -0.3 is 11.1 Å². The Labute approximate surface area is 108 Å². The molecule has 2 atom stereocenters. The number of rotatable bonds is 4. The van der Waals surface area contributed by atoms with Gasteiger partial charge in [-0.15, -0.1) is 0 Å². The first-order valence-corrected chi connectivity index (χ1v) is 7.62. The second kappa shape index (κ2) is 5.26. The molecule has 1 saturated carbocycles. The van der Waals surface area contributed by atoms with Gasteiger partial charge in [-0.2, -0.15) is 0 Å². The number of primary sulfonamides is 1. The summed E-state index contributed by atoms with van der Waals surface area (Å²) < 4.78 is 22.8. The van der Waals surface area contributed by atoms with Gasteiger partial charge in [0, 0.05) is 12.6 Å². The van der Waals surface area contributed by atoms with Crippen molar-refractivity contribution in [3.63, 3.8) is 0 Å². The summed E-state index contributed by atoms with van der Waals surface area (Å²) in [6.45, 7) is 0.736. The molecule has 0 heterocycles. The third kappa shape index (κ3) is 3.22. The third-order valence-corrected chi connectivity index (χ3v) is 4.33. The molecule has 0 bridgehead atoms. The standard InChI is InChI=1S/C12H19N3O2S/c13-10-6-5-9(7-10)8-15-11-3-1-2-4-12(11)18(14,16)17/h1-4,9-10,15H,5-8,13H2,(H2,14,16,17). The highest BCUT2D eigenvalue weighted by molar-refractivity contribution is 7.89. The predicted molar refractivity (Wildman–Crippen MR) is 71.6 cm³/mol. The summed E-state index contributed by atoms with van der Waals surface area (Å²) in [5.41, 5.74) is 6.42. The molecule has 0 aliphatic heterocycles. The van der Waals surface area contributed by atoms with Crippen LogP contribution in [0.15, 0.2) is 29.2 Å². The van der Waals surface area contributed by atoms with Gasteiger partial charge in [-0.3, -0.25) is 0 Å². The van der Waals surface area contributed by atoms with Gasteiger partial charge >= 0.3 is 0 Å². The Morgan fingerprint density at radius 3 is 2.61 bits per heavy atom. The second-order valence-corrected chi connectivity index (χ2v) is 6.39. The van der Waals surface area contributed by atoms with Crippen LogP contribution in [-0.4, -0.2) is 21.0 Å². The summed E-state index contributed by atoms with van der Waals surface area (Å²) in [6.07, 6.45) is 3.12. The van der Waals surface area contributed by atoms with Crippen molar-refractivity contribution in [3.8, 4) is 0 Å². The minimum absolute atomic E-state index is 0.146. The first-order valence-electron chi connectivity index (χ1n) is 6.08. The van der Waals surface area contributed by atoms with E-state index >= 15 is 0 Å². The molecule has 100 valence electrons. The molecule has 18 heavy (non-hydrogen) atoms. The largest absolute Gasteiger partial charge is 0.384 e. The summed E-state index contributed by atoms with van der Waals surface area (Å²) in [4.78, 5) is 0.146. The zero-order valence-electron chi connectivity index (χ0n) is 10.2. The van der Waals surface area contributed by atoms with Crippen molar-refractivity contribution in [2.24, 2.45) is 16.8 Å². The van der Waals surface area contributed by atoms with Gasteiger partial charge in [0.2, 0.25) is 10.0 Å². The zero-order chi connectivity index (χ0) is 13.2. The van der Waals surface area contributed by atoms with Crippen molar-refractivity contribution in [2.45, 2.75) is 30.2 Å². The van der Waals surface area contributed by atoms with Gasteiger partial charge in [-0.25, -0.2) is 13.6 Å². The molecule has 0 spiro atoms. The number of hydrogen-bond donors (Lipinski definition) is 3. The minimum atomic E-state index is -3.68. The van der Waals surface area contributed by atoms with Crippen LogP contribution in [0.25, 0.3) is 0 Å². The van der Waals surface area contributed by atoms with Crippen LogP contribution in [-0.2, 0) is 10.0 Å². The Balaban J connectivity index is 2.06. The highest BCUT2D eigenvalue weighted by Crippen LogP contribution is 2.26. The van der Waals surface area contributed by atoms with E-state index in [-0.39, 0.29) is 10.9 Å². The van der Waals surface area contributed by atoms with Crippen molar-refractivity contribution in [3.05, 3.63) is 24.3 Å². The van der Waals surface area contributed by atoms with Crippen LogP contribution in [0.5, 0.6) is 0 Å². The van der Waals surface area contributed by atoms with E-state index in [1.54, 1.807) is 18.2 Å². The van der Waals surface area contributed by atoms with Crippen molar-refractivity contribution in [1.29, 1.82) is 0 Å². The van der Waals surface area contributed by atoms with Gasteiger partial charge in [0.1, 0.15) is 4.90 Å². The Kier molecular flexibility index (Phi) is 3.89. The van der Waals surface area contributed by atoms with E-state index in [4.69, 9.17) is 10.9 Å². The summed E-state index contributed by atoms with van der Waals surface area (Å²) >= 11 is 0. The first-order chi connectivity index (χ1) is 8.47. The Bertz CT molecular complexity index is 516. The highest BCUT2D eigenvalue weighted by Gasteiger charge is 2.22. The summed E-state index contributed by atoms with van der Waals surface area (Å²) in [7, 11) is -3.68. The Morgan fingerprint density at radius 1 is 1.28 bits per heavy atom. The third-order valence-electron chi connectivity index (χ3n) is 3.36. The Morgan fingerprint density at radius 2 is 2.00 bits per heavy atom. The minimum Gasteiger partial charge on any atom is -0.384 e. The monoisotopic (exact) mass is 269 g/mol. The van der Waals surface area contributed by atoms with E-state index in [1.807, 2.05) is 0 Å². The van der Waals surface area contributed by atoms with Gasteiger partial charge in [0.15, 0.2) is 0 Å². The molecular formula is C12H19N3O2S. The van der Waals surface area contributed by atoms with Crippen LogP contribution in [0.2, 0.25) is 0 Å². The van der Waals surface area contributed by atoms with Crippen LogP contribution >= 0.6 is 0 Å². The number of nitrogens with one attached hydrogen (secondary N) is 1. The van der Waals surface area contributed by atoms with Crippen molar-refractivity contribution in [2.75, 3.05) is 11.9 Å². The van der Waals surface area contributed by atoms with E-state index in [0.29, 0.717) is 11.6 Å². The van der Waals surface area contributed by atoms with Crippen LogP contribution in [0.4, 0.5) is 5.69 Å². The second-order valence-electron chi connectivity index (χ2n) is 4.86. The SMILES string of the molecule is NC1CCC(CNc2ccccc2S(N)(=O)=O)C1. The van der Waals surface area contributed by atoms with Crippen LogP contribution in [0, 0.1) is 5.92 Å². The van der Waals surface area contributed by atoms with Gasteiger partial charge in [-0.1, -0.05) is 12.1 Å². The van der Waals surface area contributed by atoms with E-state index in [2.05, 4.69) is 5.32 Å². The van der Waals surface area contributed by atoms with Crippen molar-refractivity contribution < 1.29 is 8.42 Å².